The first-order chi connectivity index (χ1) is 9.97. The molecule has 0 heterocycles. The Morgan fingerprint density at radius 2 is 2.24 bits per heavy atom. The molecule has 1 aliphatic carbocycles. The Labute approximate surface area is 136 Å². The van der Waals surface area contributed by atoms with Gasteiger partial charge in [-0.25, -0.2) is 0 Å². The van der Waals surface area contributed by atoms with Crippen LogP contribution in [0.5, 0.6) is 0 Å². The van der Waals surface area contributed by atoms with Gasteiger partial charge in [-0.1, -0.05) is 34.0 Å². The number of rotatable bonds is 4. The van der Waals surface area contributed by atoms with Crippen molar-refractivity contribution in [3.8, 4) is 0 Å². The number of alkyl halides is 1. The summed E-state index contributed by atoms with van der Waals surface area (Å²) in [7, 11) is 0. The number of nitrogens with zero attached hydrogens (tertiary/aromatic N) is 1. The number of carbonyl (C=O) groups excluding carboxylic acids is 1. The smallest absolute Gasteiger partial charge is 0.283 e. The van der Waals surface area contributed by atoms with Crippen molar-refractivity contribution in [3.63, 3.8) is 0 Å². The van der Waals surface area contributed by atoms with Gasteiger partial charge in [-0.2, -0.15) is 0 Å². The average Bonchev–Trinajstić information content (AvgIpc) is 2.44. The van der Waals surface area contributed by atoms with Crippen LogP contribution in [0.25, 0.3) is 0 Å². The fourth-order valence-electron chi connectivity index (χ4n) is 2.59. The minimum Gasteiger partial charge on any atom is -0.352 e. The van der Waals surface area contributed by atoms with Gasteiger partial charge in [0.05, 0.1) is 4.92 Å². The summed E-state index contributed by atoms with van der Waals surface area (Å²) in [5.74, 6) is -0.00602. The molecular formula is C14H16BrClN2O3. The van der Waals surface area contributed by atoms with Crippen LogP contribution in [-0.4, -0.2) is 22.2 Å². The molecule has 1 saturated carbocycles. The van der Waals surface area contributed by atoms with E-state index < -0.39 is 10.8 Å². The van der Waals surface area contributed by atoms with Crippen molar-refractivity contribution >= 4 is 39.1 Å². The summed E-state index contributed by atoms with van der Waals surface area (Å²) < 4.78 is 0. The fourth-order valence-corrected chi connectivity index (χ4v) is 3.61. The first kappa shape index (κ1) is 16.2. The van der Waals surface area contributed by atoms with E-state index in [1.54, 1.807) is 0 Å². The highest BCUT2D eigenvalue weighted by molar-refractivity contribution is 9.09. The molecule has 0 aliphatic heterocycles. The lowest BCUT2D eigenvalue weighted by Gasteiger charge is -2.25. The van der Waals surface area contributed by atoms with Crippen LogP contribution in [-0.2, 0) is 0 Å². The molecule has 1 aliphatic rings. The van der Waals surface area contributed by atoms with Gasteiger partial charge in [-0.05, 0) is 37.3 Å². The number of nitro benzene ring substituents is 1. The van der Waals surface area contributed by atoms with Crippen LogP contribution in [0.4, 0.5) is 5.69 Å². The number of nitrogens with one attached hydrogen (secondary N) is 1. The molecule has 0 spiro atoms. The maximum absolute atomic E-state index is 12.1. The van der Waals surface area contributed by atoms with Gasteiger partial charge in [0, 0.05) is 22.5 Å². The molecule has 2 rings (SSSR count). The van der Waals surface area contributed by atoms with Crippen molar-refractivity contribution in [2.45, 2.75) is 30.5 Å². The first-order valence-electron chi connectivity index (χ1n) is 6.83. The van der Waals surface area contributed by atoms with Crippen molar-refractivity contribution in [1.82, 2.24) is 5.32 Å². The van der Waals surface area contributed by atoms with Crippen LogP contribution in [0.15, 0.2) is 18.2 Å². The minimum absolute atomic E-state index is 0.0515. The van der Waals surface area contributed by atoms with Gasteiger partial charge in [0.25, 0.3) is 11.6 Å². The highest BCUT2D eigenvalue weighted by Gasteiger charge is 2.23. The third-order valence-corrected chi connectivity index (χ3v) is 4.74. The number of halogens is 2. The Balaban J connectivity index is 2.02. The van der Waals surface area contributed by atoms with Crippen LogP contribution in [0.1, 0.15) is 36.0 Å². The van der Waals surface area contributed by atoms with Gasteiger partial charge in [-0.15, -0.1) is 0 Å². The predicted octanol–water partition coefficient (Wildman–Crippen LogP) is 3.93. The van der Waals surface area contributed by atoms with E-state index >= 15 is 0 Å². The van der Waals surface area contributed by atoms with Gasteiger partial charge in [0.1, 0.15) is 5.56 Å². The normalized spacial score (nSPS) is 21.8. The zero-order chi connectivity index (χ0) is 15.4. The highest BCUT2D eigenvalue weighted by atomic mass is 79.9. The molecule has 5 nitrogen and oxygen atoms in total. The summed E-state index contributed by atoms with van der Waals surface area (Å²) >= 11 is 9.34. The van der Waals surface area contributed by atoms with E-state index in [0.717, 1.165) is 25.7 Å². The van der Waals surface area contributed by atoms with E-state index in [4.69, 9.17) is 11.6 Å². The number of hydrogen-bond acceptors (Lipinski definition) is 3. The first-order valence-corrected chi connectivity index (χ1v) is 8.13. The molecule has 0 saturated heterocycles. The molecule has 7 heteroatoms. The molecular weight excluding hydrogens is 360 g/mol. The van der Waals surface area contributed by atoms with Crippen LogP contribution in [0, 0.1) is 16.0 Å². The Hall–Kier alpha value is -1.14. The summed E-state index contributed by atoms with van der Waals surface area (Å²) in [6.07, 6.45) is 4.39. The lowest BCUT2D eigenvalue weighted by atomic mass is 9.89. The monoisotopic (exact) mass is 374 g/mol. The van der Waals surface area contributed by atoms with E-state index in [1.165, 1.54) is 18.2 Å². The summed E-state index contributed by atoms with van der Waals surface area (Å²) in [4.78, 5) is 23.0. The zero-order valence-electron chi connectivity index (χ0n) is 11.4. The minimum atomic E-state index is -0.587. The Morgan fingerprint density at radius 3 is 2.90 bits per heavy atom. The van der Waals surface area contributed by atoms with E-state index in [9.17, 15) is 14.9 Å². The second-order valence-electron chi connectivity index (χ2n) is 5.26. The quantitative estimate of drug-likeness (QED) is 0.492. The van der Waals surface area contributed by atoms with Gasteiger partial charge >= 0.3 is 0 Å². The standard InChI is InChI=1S/C14H16BrClN2O3/c15-10-3-1-2-9(6-10)8-17-14(19)12-5-4-11(16)7-13(12)18(20)21/h4-5,7,9-10H,1-3,6,8H2,(H,17,19). The topological polar surface area (TPSA) is 72.2 Å². The molecule has 1 fully saturated rings. The maximum Gasteiger partial charge on any atom is 0.283 e. The lowest BCUT2D eigenvalue weighted by molar-refractivity contribution is -0.385. The van der Waals surface area contributed by atoms with Gasteiger partial charge in [-0.3, -0.25) is 14.9 Å². The van der Waals surface area contributed by atoms with Crippen LogP contribution < -0.4 is 5.32 Å². The summed E-state index contributed by atoms with van der Waals surface area (Å²) in [6, 6.07) is 4.08. The van der Waals surface area contributed by atoms with E-state index in [1.807, 2.05) is 0 Å². The number of amides is 1. The molecule has 21 heavy (non-hydrogen) atoms. The SMILES string of the molecule is O=C(NCC1CCCC(Br)C1)c1ccc(Cl)cc1[N+](=O)[O-]. The summed E-state index contributed by atoms with van der Waals surface area (Å²) in [5.41, 5.74) is -0.211. The van der Waals surface area contributed by atoms with Crippen LogP contribution in [0.3, 0.4) is 0 Å². The second kappa shape index (κ2) is 7.22. The lowest BCUT2D eigenvalue weighted by Crippen LogP contribution is -2.32. The molecule has 1 amide bonds. The highest BCUT2D eigenvalue weighted by Crippen LogP contribution is 2.29. The van der Waals surface area contributed by atoms with E-state index in [-0.39, 0.29) is 16.3 Å². The summed E-state index contributed by atoms with van der Waals surface area (Å²) in [5, 5.41) is 14.0. The van der Waals surface area contributed by atoms with Gasteiger partial charge in [0.2, 0.25) is 0 Å². The number of hydrogen-bond donors (Lipinski definition) is 1. The van der Waals surface area contributed by atoms with Gasteiger partial charge in [0.15, 0.2) is 0 Å². The van der Waals surface area contributed by atoms with Crippen molar-refractivity contribution < 1.29 is 9.72 Å². The molecule has 1 aromatic rings. The molecule has 0 aromatic heterocycles. The largest absolute Gasteiger partial charge is 0.352 e. The number of carbonyl (C=O) groups is 1. The third-order valence-electron chi connectivity index (χ3n) is 3.67. The second-order valence-corrected chi connectivity index (χ2v) is 6.99. The number of nitro groups is 1. The Bertz CT molecular complexity index is 553. The molecule has 114 valence electrons. The molecule has 0 radical (unpaired) electrons. The molecule has 1 aromatic carbocycles. The zero-order valence-corrected chi connectivity index (χ0v) is 13.7. The van der Waals surface area contributed by atoms with Crippen LogP contribution in [0.2, 0.25) is 5.02 Å². The fraction of sp³-hybridized carbons (Fsp3) is 0.500. The molecule has 0 bridgehead atoms. The number of benzene rings is 1. The molecule has 2 unspecified atom stereocenters. The van der Waals surface area contributed by atoms with Crippen LogP contribution >= 0.6 is 27.5 Å². The van der Waals surface area contributed by atoms with Gasteiger partial charge < -0.3 is 5.32 Å². The Morgan fingerprint density at radius 1 is 1.48 bits per heavy atom. The molecule has 1 N–H and O–H groups in total. The predicted molar refractivity (Wildman–Crippen MR) is 85.1 cm³/mol. The van der Waals surface area contributed by atoms with E-state index in [0.29, 0.717) is 17.3 Å². The van der Waals surface area contributed by atoms with E-state index in [2.05, 4.69) is 21.2 Å². The summed E-state index contributed by atoms with van der Waals surface area (Å²) in [6.45, 7) is 0.542. The van der Waals surface area contributed by atoms with Crippen molar-refractivity contribution in [3.05, 3.63) is 38.9 Å². The maximum atomic E-state index is 12.1. The average molecular weight is 376 g/mol. The molecule has 2 atom stereocenters. The third kappa shape index (κ3) is 4.41. The van der Waals surface area contributed by atoms with Crippen molar-refractivity contribution in [2.24, 2.45) is 5.92 Å². The van der Waals surface area contributed by atoms with Crippen molar-refractivity contribution in [1.29, 1.82) is 0 Å². The van der Waals surface area contributed by atoms with Crippen molar-refractivity contribution in [2.75, 3.05) is 6.54 Å². The Kier molecular flexibility index (Phi) is 5.58.